The van der Waals surface area contributed by atoms with Crippen LogP contribution in [0.1, 0.15) is 26.7 Å². The number of amides is 2. The van der Waals surface area contributed by atoms with Gasteiger partial charge in [-0.15, -0.1) is 0 Å². The van der Waals surface area contributed by atoms with Crippen LogP contribution in [0.4, 0.5) is 4.79 Å². The molecule has 0 radical (unpaired) electrons. The van der Waals surface area contributed by atoms with Crippen LogP contribution in [0.25, 0.3) is 0 Å². The molecule has 2 atom stereocenters. The minimum absolute atomic E-state index is 0. The number of nitrogens with one attached hydrogen (secondary N) is 1. The van der Waals surface area contributed by atoms with Gasteiger partial charge < -0.3 is 20.3 Å². The number of hydrogen-bond acceptors (Lipinski definition) is 8. The SMILES string of the molecule is CC(C)OC(=O)N(OS(=O)(=O)[O-])[C@@H]1CC[C@@H](C(N)=O)NC1.[Na+]. The molecule has 12 heteroatoms. The molecule has 1 heterocycles. The summed E-state index contributed by atoms with van der Waals surface area (Å²) in [5, 5.41) is 3.12. The molecule has 0 aromatic carbocycles. The fourth-order valence-corrected chi connectivity index (χ4v) is 2.26. The summed E-state index contributed by atoms with van der Waals surface area (Å²) in [6, 6.07) is -1.34. The molecule has 0 aliphatic carbocycles. The Balaban J connectivity index is 0.00000441. The molecule has 22 heavy (non-hydrogen) atoms. The molecule has 1 fully saturated rings. The van der Waals surface area contributed by atoms with Crippen LogP contribution >= 0.6 is 0 Å². The maximum atomic E-state index is 11.8. The monoisotopic (exact) mass is 347 g/mol. The molecular weight excluding hydrogens is 329 g/mol. The van der Waals surface area contributed by atoms with Crippen LogP contribution in [-0.2, 0) is 24.2 Å². The topological polar surface area (TPSA) is 151 Å². The number of carbonyl (C=O) groups is 2. The van der Waals surface area contributed by atoms with Gasteiger partial charge in [0.1, 0.15) is 0 Å². The van der Waals surface area contributed by atoms with E-state index in [9.17, 15) is 22.6 Å². The number of piperidine rings is 1. The van der Waals surface area contributed by atoms with Gasteiger partial charge in [0.2, 0.25) is 16.3 Å². The van der Waals surface area contributed by atoms with E-state index in [2.05, 4.69) is 9.60 Å². The smallest absolute Gasteiger partial charge is 0.724 e. The van der Waals surface area contributed by atoms with E-state index >= 15 is 0 Å². The minimum Gasteiger partial charge on any atom is -0.724 e. The molecule has 1 saturated heterocycles. The van der Waals surface area contributed by atoms with Crippen LogP contribution in [0.15, 0.2) is 0 Å². The van der Waals surface area contributed by atoms with Gasteiger partial charge in [-0.2, -0.15) is 9.35 Å². The number of nitrogens with zero attached hydrogens (tertiary/aromatic N) is 1. The summed E-state index contributed by atoms with van der Waals surface area (Å²) in [4.78, 5) is 22.8. The van der Waals surface area contributed by atoms with Crippen molar-refractivity contribution in [3.8, 4) is 0 Å². The molecule has 0 aromatic rings. The van der Waals surface area contributed by atoms with E-state index in [0.29, 0.717) is 5.06 Å². The molecule has 10 nitrogen and oxygen atoms in total. The van der Waals surface area contributed by atoms with E-state index in [0.717, 1.165) is 0 Å². The maximum Gasteiger partial charge on any atom is 1.00 e. The summed E-state index contributed by atoms with van der Waals surface area (Å²) < 4.78 is 41.2. The second kappa shape index (κ2) is 9.01. The largest absolute Gasteiger partial charge is 1.00 e. The molecule has 0 bridgehead atoms. The van der Waals surface area contributed by atoms with E-state index < -0.39 is 40.6 Å². The normalized spacial score (nSPS) is 21.8. The Morgan fingerprint density at radius 2 is 1.95 bits per heavy atom. The number of hydroxylamine groups is 2. The zero-order valence-corrected chi connectivity index (χ0v) is 15.5. The van der Waals surface area contributed by atoms with Gasteiger partial charge >= 0.3 is 35.7 Å². The summed E-state index contributed by atoms with van der Waals surface area (Å²) in [6.45, 7) is 3.16. The summed E-state index contributed by atoms with van der Waals surface area (Å²) in [5.41, 5.74) is 5.13. The van der Waals surface area contributed by atoms with E-state index in [4.69, 9.17) is 10.5 Å². The Morgan fingerprint density at radius 3 is 2.32 bits per heavy atom. The van der Waals surface area contributed by atoms with Gasteiger partial charge in [0.25, 0.3) is 0 Å². The van der Waals surface area contributed by atoms with E-state index in [1.165, 1.54) is 0 Å². The average molecular weight is 347 g/mol. The van der Waals surface area contributed by atoms with Gasteiger partial charge in [-0.3, -0.25) is 4.79 Å². The van der Waals surface area contributed by atoms with Crippen LogP contribution in [0.5, 0.6) is 0 Å². The number of hydrogen-bond donors (Lipinski definition) is 2. The van der Waals surface area contributed by atoms with Crippen molar-refractivity contribution in [2.75, 3.05) is 6.54 Å². The molecule has 0 spiro atoms. The second-order valence-corrected chi connectivity index (χ2v) is 5.80. The van der Waals surface area contributed by atoms with Gasteiger partial charge in [-0.05, 0) is 26.7 Å². The van der Waals surface area contributed by atoms with Gasteiger partial charge in [0, 0.05) is 6.54 Å². The Morgan fingerprint density at radius 1 is 1.36 bits per heavy atom. The molecule has 0 saturated carbocycles. The van der Waals surface area contributed by atoms with Crippen LogP contribution in [0.3, 0.4) is 0 Å². The number of ether oxygens (including phenoxy) is 1. The van der Waals surface area contributed by atoms with Crippen LogP contribution in [-0.4, -0.2) is 54.8 Å². The van der Waals surface area contributed by atoms with Crippen molar-refractivity contribution >= 4 is 22.4 Å². The maximum absolute atomic E-state index is 11.8. The van der Waals surface area contributed by atoms with E-state index in [1.807, 2.05) is 0 Å². The molecule has 0 aromatic heterocycles. The van der Waals surface area contributed by atoms with Crippen LogP contribution in [0, 0.1) is 0 Å². The van der Waals surface area contributed by atoms with Gasteiger partial charge in [0.15, 0.2) is 0 Å². The Kier molecular flexibility index (Phi) is 8.83. The van der Waals surface area contributed by atoms with Crippen LogP contribution in [0.2, 0.25) is 0 Å². The third-order valence-corrected chi connectivity index (χ3v) is 3.09. The molecule has 1 rings (SSSR count). The van der Waals surface area contributed by atoms with Gasteiger partial charge in [0.05, 0.1) is 18.2 Å². The zero-order chi connectivity index (χ0) is 16.2. The fraction of sp³-hybridized carbons (Fsp3) is 0.800. The Hall–Kier alpha value is -0.430. The number of nitrogens with two attached hydrogens (primary N) is 1. The van der Waals surface area contributed by atoms with Gasteiger partial charge in [-0.25, -0.2) is 13.2 Å². The Labute approximate surface area is 150 Å². The van der Waals surface area contributed by atoms with E-state index in [-0.39, 0.29) is 48.9 Å². The van der Waals surface area contributed by atoms with Crippen molar-refractivity contribution in [2.24, 2.45) is 5.73 Å². The predicted molar refractivity (Wildman–Crippen MR) is 68.2 cm³/mol. The molecule has 1 aliphatic heterocycles. The summed E-state index contributed by atoms with van der Waals surface area (Å²) >= 11 is 0. The predicted octanol–water partition coefficient (Wildman–Crippen LogP) is -4.16. The van der Waals surface area contributed by atoms with Crippen LogP contribution < -0.4 is 40.6 Å². The summed E-state index contributed by atoms with van der Waals surface area (Å²) in [7, 11) is -5.13. The first kappa shape index (κ1) is 21.6. The minimum atomic E-state index is -5.13. The first-order valence-corrected chi connectivity index (χ1v) is 7.61. The van der Waals surface area contributed by atoms with Gasteiger partial charge in [-0.1, -0.05) is 0 Å². The quantitative estimate of drug-likeness (QED) is 0.220. The first-order chi connectivity index (χ1) is 9.60. The molecular formula is C10H18N3NaO7S. The molecule has 2 amide bonds. The third-order valence-electron chi connectivity index (χ3n) is 2.75. The fourth-order valence-electron chi connectivity index (χ4n) is 1.88. The van der Waals surface area contributed by atoms with Crippen molar-refractivity contribution in [2.45, 2.75) is 44.9 Å². The standard InChI is InChI=1S/C10H19N3O7S.Na/c1-6(2)19-10(15)13(20-21(16,17)18)7-3-4-8(9(11)14)12-5-7;/h6-8,12H,3-5H2,1-2H3,(H2,11,14)(H,16,17,18);/q;+1/p-1/t7-,8+;/m1./s1. The van der Waals surface area contributed by atoms with Crippen molar-refractivity contribution in [1.29, 1.82) is 0 Å². The van der Waals surface area contributed by atoms with Crippen molar-refractivity contribution in [3.05, 3.63) is 0 Å². The summed E-state index contributed by atoms with van der Waals surface area (Å²) in [5.74, 6) is -0.554. The van der Waals surface area contributed by atoms with E-state index in [1.54, 1.807) is 13.8 Å². The zero-order valence-electron chi connectivity index (χ0n) is 12.6. The molecule has 122 valence electrons. The first-order valence-electron chi connectivity index (χ1n) is 6.28. The average Bonchev–Trinajstić information content (AvgIpc) is 2.34. The van der Waals surface area contributed by atoms with Crippen molar-refractivity contribution < 1.29 is 61.1 Å². The molecule has 0 unspecified atom stereocenters. The molecule has 3 N–H and O–H groups in total. The number of rotatable bonds is 5. The van der Waals surface area contributed by atoms with Crippen molar-refractivity contribution in [3.63, 3.8) is 0 Å². The summed E-state index contributed by atoms with van der Waals surface area (Å²) in [6.07, 6.45) is -1.11. The second-order valence-electron chi connectivity index (χ2n) is 4.84. The third kappa shape index (κ3) is 7.22. The number of carbonyl (C=O) groups excluding carboxylic acids is 2. The number of primary amides is 1. The Bertz CT molecular complexity index is 491. The van der Waals surface area contributed by atoms with Crippen molar-refractivity contribution in [1.82, 2.24) is 10.4 Å². The molecule has 1 aliphatic rings.